The fraction of sp³-hybridized carbons (Fsp3) is 0.944. The first-order valence-electron chi connectivity index (χ1n) is 26.6. The molecule has 6 nitrogen and oxygen atoms in total. The van der Waals surface area contributed by atoms with Crippen LogP contribution in [0, 0.1) is 17.8 Å². The molecule has 0 spiro atoms. The van der Waals surface area contributed by atoms with Gasteiger partial charge in [0.15, 0.2) is 6.10 Å². The Bertz CT molecular complexity index is 931. The van der Waals surface area contributed by atoms with Gasteiger partial charge in [0, 0.05) is 19.3 Å². The largest absolute Gasteiger partial charge is 0.462 e. The fourth-order valence-corrected chi connectivity index (χ4v) is 8.08. The van der Waals surface area contributed by atoms with Crippen molar-refractivity contribution in [2.24, 2.45) is 17.8 Å². The van der Waals surface area contributed by atoms with E-state index in [9.17, 15) is 14.4 Å². The van der Waals surface area contributed by atoms with Gasteiger partial charge in [-0.15, -0.1) is 0 Å². The molecule has 356 valence electrons. The van der Waals surface area contributed by atoms with Gasteiger partial charge in [-0.25, -0.2) is 0 Å². The molecule has 0 rings (SSSR count). The molecule has 0 bridgehead atoms. The van der Waals surface area contributed by atoms with E-state index in [4.69, 9.17) is 14.2 Å². The van der Waals surface area contributed by atoms with Crippen LogP contribution in [0.2, 0.25) is 0 Å². The monoisotopic (exact) mass is 849 g/mol. The molecule has 2 atom stereocenters. The number of ether oxygens (including phenoxy) is 3. The Hall–Kier alpha value is -1.59. The summed E-state index contributed by atoms with van der Waals surface area (Å²) in [4.78, 5) is 37.9. The highest BCUT2D eigenvalue weighted by Crippen LogP contribution is 2.18. The van der Waals surface area contributed by atoms with E-state index < -0.39 is 6.10 Å². The summed E-state index contributed by atoms with van der Waals surface area (Å²) >= 11 is 0. The molecule has 0 saturated carbocycles. The summed E-state index contributed by atoms with van der Waals surface area (Å²) in [7, 11) is 0. The summed E-state index contributed by atoms with van der Waals surface area (Å²) in [6, 6.07) is 0. The number of rotatable bonds is 47. The van der Waals surface area contributed by atoms with Crippen molar-refractivity contribution in [3.05, 3.63) is 0 Å². The van der Waals surface area contributed by atoms with Crippen LogP contribution in [0.15, 0.2) is 0 Å². The molecule has 0 aliphatic rings. The van der Waals surface area contributed by atoms with Gasteiger partial charge in [0.1, 0.15) is 13.2 Å². The topological polar surface area (TPSA) is 78.9 Å². The third kappa shape index (κ3) is 45.9. The Morgan fingerprint density at radius 2 is 0.583 bits per heavy atom. The van der Waals surface area contributed by atoms with E-state index in [1.807, 2.05) is 0 Å². The van der Waals surface area contributed by atoms with Crippen LogP contribution < -0.4 is 0 Å². The summed E-state index contributed by atoms with van der Waals surface area (Å²) in [5.74, 6) is 1.64. The summed E-state index contributed by atoms with van der Waals surface area (Å²) in [5, 5.41) is 0. The fourth-order valence-electron chi connectivity index (χ4n) is 8.08. The van der Waals surface area contributed by atoms with Crippen LogP contribution >= 0.6 is 0 Å². The Morgan fingerprint density at radius 3 is 0.867 bits per heavy atom. The van der Waals surface area contributed by atoms with Gasteiger partial charge in [-0.05, 0) is 37.0 Å². The highest BCUT2D eigenvalue weighted by molar-refractivity contribution is 5.71. The molecule has 60 heavy (non-hydrogen) atoms. The normalized spacial score (nSPS) is 12.6. The molecule has 0 fully saturated rings. The summed E-state index contributed by atoms with van der Waals surface area (Å²) < 4.78 is 16.8. The summed E-state index contributed by atoms with van der Waals surface area (Å²) in [6.07, 6.45) is 45.3. The minimum atomic E-state index is -0.763. The molecule has 0 aliphatic carbocycles. The summed E-state index contributed by atoms with van der Waals surface area (Å²) in [6.45, 7) is 13.7. The van der Waals surface area contributed by atoms with E-state index in [2.05, 4.69) is 41.5 Å². The van der Waals surface area contributed by atoms with Gasteiger partial charge in [-0.2, -0.15) is 0 Å². The van der Waals surface area contributed by atoms with Crippen LogP contribution in [0.4, 0.5) is 0 Å². The lowest BCUT2D eigenvalue weighted by Crippen LogP contribution is -2.30. The molecule has 1 unspecified atom stereocenters. The minimum Gasteiger partial charge on any atom is -0.462 e. The Kier molecular flexibility index (Phi) is 44.2. The SMILES string of the molecule is CCC(C)CCCCCCCCCCCCCCCCC(=O)OC[C@H](COC(=O)CCCCCCCCC(C)C)OC(=O)CCCCCCCCCCCCCCC(C)C. The van der Waals surface area contributed by atoms with Crippen molar-refractivity contribution in [3.8, 4) is 0 Å². The second-order valence-electron chi connectivity index (χ2n) is 19.7. The van der Waals surface area contributed by atoms with Gasteiger partial charge in [0.2, 0.25) is 0 Å². The predicted octanol–water partition coefficient (Wildman–Crippen LogP) is 17.2. The first kappa shape index (κ1) is 58.4. The molecule has 0 amide bonds. The Labute approximate surface area is 374 Å². The van der Waals surface area contributed by atoms with Crippen LogP contribution in [0.5, 0.6) is 0 Å². The Morgan fingerprint density at radius 1 is 0.333 bits per heavy atom. The minimum absolute atomic E-state index is 0.0651. The first-order valence-corrected chi connectivity index (χ1v) is 26.6. The maximum atomic E-state index is 12.8. The van der Waals surface area contributed by atoms with Crippen LogP contribution in [-0.4, -0.2) is 37.2 Å². The van der Waals surface area contributed by atoms with Crippen molar-refractivity contribution in [1.29, 1.82) is 0 Å². The third-order valence-electron chi connectivity index (χ3n) is 12.5. The van der Waals surface area contributed by atoms with Crippen molar-refractivity contribution in [2.45, 2.75) is 298 Å². The molecule has 0 aromatic heterocycles. The van der Waals surface area contributed by atoms with E-state index >= 15 is 0 Å². The number of carbonyl (C=O) groups is 3. The molecule has 0 aromatic rings. The highest BCUT2D eigenvalue weighted by Gasteiger charge is 2.19. The van der Waals surface area contributed by atoms with E-state index in [0.29, 0.717) is 19.3 Å². The van der Waals surface area contributed by atoms with Crippen molar-refractivity contribution in [3.63, 3.8) is 0 Å². The average molecular weight is 849 g/mol. The van der Waals surface area contributed by atoms with E-state index in [1.54, 1.807) is 0 Å². The van der Waals surface area contributed by atoms with E-state index in [1.165, 1.54) is 173 Å². The zero-order valence-corrected chi connectivity index (χ0v) is 41.3. The van der Waals surface area contributed by atoms with Gasteiger partial charge in [0.25, 0.3) is 0 Å². The van der Waals surface area contributed by atoms with Crippen LogP contribution in [0.3, 0.4) is 0 Å². The average Bonchev–Trinajstić information content (AvgIpc) is 3.22. The lowest BCUT2D eigenvalue weighted by atomic mass is 9.99. The molecule has 0 heterocycles. The van der Waals surface area contributed by atoms with E-state index in [0.717, 1.165) is 75.5 Å². The zero-order valence-electron chi connectivity index (χ0n) is 41.3. The highest BCUT2D eigenvalue weighted by atomic mass is 16.6. The van der Waals surface area contributed by atoms with Gasteiger partial charge in [-0.1, -0.05) is 253 Å². The standard InChI is InChI=1S/C54H104O6/c1-7-50(6)42-36-30-23-19-15-10-8-9-11-16-20-24-31-37-43-52(55)58-46-51(47-59-53(56)44-38-32-27-26-29-35-41-49(4)5)60-54(57)45-39-33-25-21-17-13-12-14-18-22-28-34-40-48(2)3/h48-51H,7-47H2,1-6H3/t50?,51-/m1/s1. The van der Waals surface area contributed by atoms with Crippen LogP contribution in [0.1, 0.15) is 292 Å². The van der Waals surface area contributed by atoms with Gasteiger partial charge in [-0.3, -0.25) is 14.4 Å². The second kappa shape index (κ2) is 45.4. The molecule has 0 aliphatic heterocycles. The lowest BCUT2D eigenvalue weighted by molar-refractivity contribution is -0.167. The quantitative estimate of drug-likeness (QED) is 0.0345. The first-order chi connectivity index (χ1) is 29.1. The zero-order chi connectivity index (χ0) is 44.2. The molecule has 0 saturated heterocycles. The molecular formula is C54H104O6. The van der Waals surface area contributed by atoms with Gasteiger partial charge in [0.05, 0.1) is 0 Å². The number of carbonyl (C=O) groups excluding carboxylic acids is 3. The lowest BCUT2D eigenvalue weighted by Gasteiger charge is -2.18. The van der Waals surface area contributed by atoms with Gasteiger partial charge < -0.3 is 14.2 Å². The molecule has 6 heteroatoms. The third-order valence-corrected chi connectivity index (χ3v) is 12.5. The summed E-state index contributed by atoms with van der Waals surface area (Å²) in [5.41, 5.74) is 0. The Balaban J connectivity index is 4.25. The van der Waals surface area contributed by atoms with Crippen molar-refractivity contribution >= 4 is 17.9 Å². The number of esters is 3. The maximum Gasteiger partial charge on any atom is 0.306 e. The molecule has 0 aromatic carbocycles. The molecule has 0 N–H and O–H groups in total. The second-order valence-corrected chi connectivity index (χ2v) is 19.7. The molecule has 0 radical (unpaired) electrons. The smallest absolute Gasteiger partial charge is 0.306 e. The van der Waals surface area contributed by atoms with Crippen LogP contribution in [-0.2, 0) is 28.6 Å². The van der Waals surface area contributed by atoms with Crippen molar-refractivity contribution in [2.75, 3.05) is 13.2 Å². The molecular weight excluding hydrogens is 745 g/mol. The van der Waals surface area contributed by atoms with Gasteiger partial charge >= 0.3 is 17.9 Å². The van der Waals surface area contributed by atoms with E-state index in [-0.39, 0.29) is 31.1 Å². The predicted molar refractivity (Wildman–Crippen MR) is 256 cm³/mol. The number of hydrogen-bond acceptors (Lipinski definition) is 6. The van der Waals surface area contributed by atoms with Crippen molar-refractivity contribution in [1.82, 2.24) is 0 Å². The number of hydrogen-bond donors (Lipinski definition) is 0. The maximum absolute atomic E-state index is 12.8. The van der Waals surface area contributed by atoms with Crippen LogP contribution in [0.25, 0.3) is 0 Å². The number of unbranched alkanes of at least 4 members (excludes halogenated alkanes) is 29. The van der Waals surface area contributed by atoms with Crippen molar-refractivity contribution < 1.29 is 28.6 Å².